The molecule has 1 unspecified atom stereocenters. The van der Waals surface area contributed by atoms with Crippen molar-refractivity contribution in [1.29, 1.82) is 0 Å². The van der Waals surface area contributed by atoms with Gasteiger partial charge in [0.1, 0.15) is 0 Å². The molecule has 74 valence electrons. The highest BCUT2D eigenvalue weighted by Gasteiger charge is 2.33. The van der Waals surface area contributed by atoms with E-state index in [1.54, 1.807) is 0 Å². The van der Waals surface area contributed by atoms with E-state index in [2.05, 4.69) is 39.4 Å². The van der Waals surface area contributed by atoms with E-state index in [4.69, 9.17) is 0 Å². The molecule has 3 rings (SSSR count). The number of hydrogen-bond acceptors (Lipinski definition) is 1. The summed E-state index contributed by atoms with van der Waals surface area (Å²) < 4.78 is 1.27. The third-order valence-corrected chi connectivity index (χ3v) is 4.35. The summed E-state index contributed by atoms with van der Waals surface area (Å²) in [5, 5.41) is 3.63. The maximum absolute atomic E-state index is 3.63. The molecule has 2 aliphatic rings. The first-order chi connectivity index (χ1) is 6.86. The molecule has 0 spiro atoms. The molecule has 1 atom stereocenters. The van der Waals surface area contributed by atoms with Crippen LogP contribution in [0.4, 0.5) is 0 Å². The lowest BCUT2D eigenvalue weighted by Gasteiger charge is -2.31. The van der Waals surface area contributed by atoms with Crippen molar-refractivity contribution >= 4 is 15.9 Å². The molecule has 0 aromatic heterocycles. The zero-order valence-corrected chi connectivity index (χ0v) is 9.68. The van der Waals surface area contributed by atoms with Gasteiger partial charge in [-0.05, 0) is 36.0 Å². The molecule has 2 heteroatoms. The predicted molar refractivity (Wildman–Crippen MR) is 61.1 cm³/mol. The number of rotatable bonds is 1. The van der Waals surface area contributed by atoms with Crippen LogP contribution in [0.25, 0.3) is 0 Å². The summed E-state index contributed by atoms with van der Waals surface area (Å²) in [7, 11) is 0. The summed E-state index contributed by atoms with van der Waals surface area (Å²) in [6, 6.07) is 7.21. The maximum Gasteiger partial charge on any atom is 0.0355 e. The minimum atomic E-state index is 0.635. The SMILES string of the molecule is Brc1cccc2c1CNC2C1CCC1. The fourth-order valence-corrected chi connectivity index (χ4v) is 3.09. The van der Waals surface area contributed by atoms with Gasteiger partial charge >= 0.3 is 0 Å². The lowest BCUT2D eigenvalue weighted by Crippen LogP contribution is -2.26. The highest BCUT2D eigenvalue weighted by Crippen LogP contribution is 2.42. The van der Waals surface area contributed by atoms with Gasteiger partial charge in [-0.3, -0.25) is 0 Å². The Hall–Kier alpha value is -0.340. The normalized spacial score (nSPS) is 25.9. The van der Waals surface area contributed by atoms with Gasteiger partial charge in [-0.1, -0.05) is 34.5 Å². The van der Waals surface area contributed by atoms with Gasteiger partial charge in [0.05, 0.1) is 0 Å². The molecular weight excluding hydrogens is 238 g/mol. The molecule has 1 aromatic rings. The number of halogens is 1. The molecule has 1 aliphatic carbocycles. The van der Waals surface area contributed by atoms with Crippen LogP contribution < -0.4 is 5.32 Å². The smallest absolute Gasteiger partial charge is 0.0355 e. The summed E-state index contributed by atoms with van der Waals surface area (Å²) >= 11 is 3.62. The van der Waals surface area contributed by atoms with Gasteiger partial charge in [-0.15, -0.1) is 0 Å². The predicted octanol–water partition coefficient (Wildman–Crippen LogP) is 3.39. The van der Waals surface area contributed by atoms with E-state index < -0.39 is 0 Å². The van der Waals surface area contributed by atoms with Crippen LogP contribution in [0.15, 0.2) is 22.7 Å². The van der Waals surface area contributed by atoms with Gasteiger partial charge in [0.15, 0.2) is 0 Å². The second kappa shape index (κ2) is 3.35. The Morgan fingerprint density at radius 1 is 1.29 bits per heavy atom. The van der Waals surface area contributed by atoms with Crippen molar-refractivity contribution in [3.63, 3.8) is 0 Å². The Morgan fingerprint density at radius 3 is 2.86 bits per heavy atom. The summed E-state index contributed by atoms with van der Waals surface area (Å²) in [5.74, 6) is 0.894. The van der Waals surface area contributed by atoms with E-state index in [1.807, 2.05) is 0 Å². The average molecular weight is 252 g/mol. The van der Waals surface area contributed by atoms with Crippen LogP contribution in [0.5, 0.6) is 0 Å². The fraction of sp³-hybridized carbons (Fsp3) is 0.500. The Balaban J connectivity index is 1.97. The first kappa shape index (κ1) is 8.93. The fourth-order valence-electron chi connectivity index (χ4n) is 2.57. The third kappa shape index (κ3) is 1.24. The number of benzene rings is 1. The Morgan fingerprint density at radius 2 is 2.14 bits per heavy atom. The van der Waals surface area contributed by atoms with Gasteiger partial charge in [-0.2, -0.15) is 0 Å². The van der Waals surface area contributed by atoms with Crippen LogP contribution in [-0.4, -0.2) is 0 Å². The molecule has 0 saturated heterocycles. The van der Waals surface area contributed by atoms with Crippen LogP contribution in [0.1, 0.15) is 36.4 Å². The van der Waals surface area contributed by atoms with E-state index in [0.29, 0.717) is 6.04 Å². The van der Waals surface area contributed by atoms with E-state index in [1.165, 1.54) is 34.9 Å². The second-order valence-corrected chi connectivity index (χ2v) is 5.21. The Bertz CT molecular complexity index is 357. The van der Waals surface area contributed by atoms with Gasteiger partial charge in [0, 0.05) is 17.1 Å². The van der Waals surface area contributed by atoms with Crippen LogP contribution in [0.3, 0.4) is 0 Å². The summed E-state index contributed by atoms with van der Waals surface area (Å²) in [5.41, 5.74) is 3.01. The zero-order chi connectivity index (χ0) is 9.54. The highest BCUT2D eigenvalue weighted by molar-refractivity contribution is 9.10. The van der Waals surface area contributed by atoms with E-state index in [9.17, 15) is 0 Å². The molecule has 1 fully saturated rings. The minimum Gasteiger partial charge on any atom is -0.306 e. The first-order valence-corrected chi connectivity index (χ1v) is 6.16. The second-order valence-electron chi connectivity index (χ2n) is 4.36. The lowest BCUT2D eigenvalue weighted by atomic mass is 9.77. The molecular formula is C12H14BrN. The minimum absolute atomic E-state index is 0.635. The molecule has 1 heterocycles. The molecule has 0 bridgehead atoms. The molecule has 14 heavy (non-hydrogen) atoms. The number of hydrogen-bond donors (Lipinski definition) is 1. The standard InChI is InChI=1S/C12H14BrN/c13-11-6-2-5-9-10(11)7-14-12(9)8-3-1-4-8/h2,5-6,8,12,14H,1,3-4,7H2. The molecule has 0 radical (unpaired) electrons. The van der Waals surface area contributed by atoms with Crippen molar-refractivity contribution in [1.82, 2.24) is 5.32 Å². The van der Waals surface area contributed by atoms with E-state index >= 15 is 0 Å². The van der Waals surface area contributed by atoms with Crippen LogP contribution in [-0.2, 0) is 6.54 Å². The van der Waals surface area contributed by atoms with Crippen molar-refractivity contribution in [3.05, 3.63) is 33.8 Å². The van der Waals surface area contributed by atoms with Crippen molar-refractivity contribution < 1.29 is 0 Å². The summed E-state index contributed by atoms with van der Waals surface area (Å²) in [4.78, 5) is 0. The lowest BCUT2D eigenvalue weighted by molar-refractivity contribution is 0.240. The monoisotopic (exact) mass is 251 g/mol. The molecule has 1 aromatic carbocycles. The quantitative estimate of drug-likeness (QED) is 0.807. The Labute approximate surface area is 93.0 Å². The molecule has 0 amide bonds. The van der Waals surface area contributed by atoms with Gasteiger partial charge < -0.3 is 5.32 Å². The summed E-state index contributed by atoms with van der Waals surface area (Å²) in [6.07, 6.45) is 4.24. The molecule has 1 aliphatic heterocycles. The van der Waals surface area contributed by atoms with Gasteiger partial charge in [-0.25, -0.2) is 0 Å². The first-order valence-electron chi connectivity index (χ1n) is 5.37. The van der Waals surface area contributed by atoms with Crippen LogP contribution in [0.2, 0.25) is 0 Å². The van der Waals surface area contributed by atoms with Crippen molar-refractivity contribution in [3.8, 4) is 0 Å². The molecule has 1 saturated carbocycles. The largest absolute Gasteiger partial charge is 0.306 e. The summed E-state index contributed by atoms with van der Waals surface area (Å²) in [6.45, 7) is 1.04. The van der Waals surface area contributed by atoms with Crippen molar-refractivity contribution in [2.45, 2.75) is 31.8 Å². The van der Waals surface area contributed by atoms with Crippen molar-refractivity contribution in [2.75, 3.05) is 0 Å². The topological polar surface area (TPSA) is 12.0 Å². The van der Waals surface area contributed by atoms with Gasteiger partial charge in [0.25, 0.3) is 0 Å². The zero-order valence-electron chi connectivity index (χ0n) is 8.09. The van der Waals surface area contributed by atoms with E-state index in [-0.39, 0.29) is 0 Å². The Kier molecular flexibility index (Phi) is 2.14. The van der Waals surface area contributed by atoms with E-state index in [0.717, 1.165) is 12.5 Å². The van der Waals surface area contributed by atoms with Gasteiger partial charge in [0.2, 0.25) is 0 Å². The number of nitrogens with one attached hydrogen (secondary N) is 1. The third-order valence-electron chi connectivity index (χ3n) is 3.61. The van der Waals surface area contributed by atoms with Crippen molar-refractivity contribution in [2.24, 2.45) is 5.92 Å². The number of fused-ring (bicyclic) bond motifs is 1. The van der Waals surface area contributed by atoms with Crippen LogP contribution >= 0.6 is 15.9 Å². The highest BCUT2D eigenvalue weighted by atomic mass is 79.9. The average Bonchev–Trinajstić information content (AvgIpc) is 2.48. The van der Waals surface area contributed by atoms with Crippen LogP contribution in [0, 0.1) is 5.92 Å². The molecule has 1 nitrogen and oxygen atoms in total. The maximum atomic E-state index is 3.63. The molecule has 1 N–H and O–H groups in total.